The molecule has 1 aliphatic carbocycles. The van der Waals surface area contributed by atoms with Crippen molar-refractivity contribution in [3.63, 3.8) is 0 Å². The number of amides is 1. The number of tetrazole rings is 1. The number of hydrogen-bond donors (Lipinski definition) is 1. The first-order valence-corrected chi connectivity index (χ1v) is 10.7. The summed E-state index contributed by atoms with van der Waals surface area (Å²) < 4.78 is 1.65. The molecule has 4 rings (SSSR count). The molecule has 3 aromatic rings. The first-order valence-electron chi connectivity index (χ1n) is 10.3. The summed E-state index contributed by atoms with van der Waals surface area (Å²) in [5.41, 5.74) is 7.62. The molecule has 164 valence electrons. The molecule has 10 heteroatoms. The number of nitrogens with zero attached hydrogens (tertiary/aromatic N) is 7. The molecular formula is C22H23ClN8O. The molecule has 3 heterocycles. The monoisotopic (exact) mass is 450 g/mol. The van der Waals surface area contributed by atoms with Gasteiger partial charge in [0.05, 0.1) is 22.1 Å². The highest BCUT2D eigenvalue weighted by Gasteiger charge is 2.43. The zero-order chi connectivity index (χ0) is 22.7. The number of pyridine rings is 1. The van der Waals surface area contributed by atoms with E-state index in [4.69, 9.17) is 17.3 Å². The average molecular weight is 451 g/mol. The Morgan fingerprint density at radius 2 is 2.12 bits per heavy atom. The van der Waals surface area contributed by atoms with Crippen molar-refractivity contribution in [2.75, 3.05) is 0 Å². The molecule has 0 saturated heterocycles. The van der Waals surface area contributed by atoms with Crippen molar-refractivity contribution < 1.29 is 4.79 Å². The lowest BCUT2D eigenvalue weighted by Gasteiger charge is -2.39. The maximum absolute atomic E-state index is 12.4. The van der Waals surface area contributed by atoms with Gasteiger partial charge in [-0.15, -0.1) is 5.10 Å². The van der Waals surface area contributed by atoms with E-state index in [-0.39, 0.29) is 5.92 Å². The van der Waals surface area contributed by atoms with Crippen LogP contribution in [0.25, 0.3) is 5.70 Å². The molecule has 32 heavy (non-hydrogen) atoms. The van der Waals surface area contributed by atoms with Gasteiger partial charge in [0, 0.05) is 48.1 Å². The average Bonchev–Trinajstić information content (AvgIpc) is 3.28. The van der Waals surface area contributed by atoms with Crippen LogP contribution >= 0.6 is 11.6 Å². The third-order valence-electron chi connectivity index (χ3n) is 5.78. The van der Waals surface area contributed by atoms with Gasteiger partial charge in [0.2, 0.25) is 5.91 Å². The van der Waals surface area contributed by atoms with E-state index in [1.807, 2.05) is 19.1 Å². The maximum Gasteiger partial charge on any atom is 0.244 e. The third kappa shape index (κ3) is 4.03. The Morgan fingerprint density at radius 1 is 1.28 bits per heavy atom. The Balaban J connectivity index is 1.96. The molecule has 0 fully saturated rings. The van der Waals surface area contributed by atoms with Gasteiger partial charge in [0.15, 0.2) is 5.82 Å². The number of carbonyl (C=O) groups is 1. The number of nitrogens with two attached hydrogens (primary N) is 1. The molecule has 1 aliphatic rings. The second-order valence-electron chi connectivity index (χ2n) is 7.79. The van der Waals surface area contributed by atoms with E-state index in [9.17, 15) is 4.79 Å². The van der Waals surface area contributed by atoms with E-state index in [0.29, 0.717) is 35.0 Å². The number of halogens is 1. The predicted molar refractivity (Wildman–Crippen MR) is 119 cm³/mol. The molecule has 0 bridgehead atoms. The summed E-state index contributed by atoms with van der Waals surface area (Å²) in [6.45, 7) is 4.09. The summed E-state index contributed by atoms with van der Waals surface area (Å²) in [5, 5.41) is 12.7. The summed E-state index contributed by atoms with van der Waals surface area (Å²) in [5.74, 6) is -0.00901. The van der Waals surface area contributed by atoms with Crippen LogP contribution in [0, 0.1) is 0 Å². The molecule has 0 spiro atoms. The topological polar surface area (TPSA) is 125 Å². The fourth-order valence-corrected chi connectivity index (χ4v) is 4.19. The Labute approximate surface area is 190 Å². The van der Waals surface area contributed by atoms with Crippen LogP contribution in [0.3, 0.4) is 0 Å². The van der Waals surface area contributed by atoms with Crippen molar-refractivity contribution >= 4 is 23.2 Å². The van der Waals surface area contributed by atoms with Crippen LogP contribution in [0.1, 0.15) is 49.8 Å². The SMILES string of the molecule is CCCc1nnnn1C1=CC(c2ccc(Cl)cn2)(C(C)c2cnccn2)CC(C(N)=O)=C1. The second kappa shape index (κ2) is 8.96. The van der Waals surface area contributed by atoms with E-state index >= 15 is 0 Å². The number of allylic oxidation sites excluding steroid dienone is 3. The van der Waals surface area contributed by atoms with Gasteiger partial charge in [-0.2, -0.15) is 4.68 Å². The van der Waals surface area contributed by atoms with Crippen LogP contribution in [0.4, 0.5) is 0 Å². The minimum Gasteiger partial charge on any atom is -0.366 e. The summed E-state index contributed by atoms with van der Waals surface area (Å²) in [7, 11) is 0. The summed E-state index contributed by atoms with van der Waals surface area (Å²) in [6.07, 6.45) is 12.3. The van der Waals surface area contributed by atoms with E-state index in [2.05, 4.69) is 37.4 Å². The normalized spacial score (nSPS) is 19.2. The van der Waals surface area contributed by atoms with Gasteiger partial charge in [-0.1, -0.05) is 25.4 Å². The van der Waals surface area contributed by atoms with E-state index in [1.165, 1.54) is 0 Å². The van der Waals surface area contributed by atoms with Crippen LogP contribution in [-0.4, -0.2) is 41.1 Å². The molecule has 2 N–H and O–H groups in total. The number of rotatable bonds is 7. The molecule has 1 amide bonds. The largest absolute Gasteiger partial charge is 0.366 e. The highest BCUT2D eigenvalue weighted by atomic mass is 35.5. The maximum atomic E-state index is 12.4. The van der Waals surface area contributed by atoms with Gasteiger partial charge in [-0.25, -0.2) is 0 Å². The van der Waals surface area contributed by atoms with Crippen LogP contribution in [0.5, 0.6) is 0 Å². The van der Waals surface area contributed by atoms with Crippen molar-refractivity contribution in [1.82, 2.24) is 35.2 Å². The Hall–Kier alpha value is -3.46. The third-order valence-corrected chi connectivity index (χ3v) is 6.01. The molecular weight excluding hydrogens is 428 g/mol. The fraction of sp³-hybridized carbons (Fsp3) is 0.318. The summed E-state index contributed by atoms with van der Waals surface area (Å²) >= 11 is 6.12. The lowest BCUT2D eigenvalue weighted by atomic mass is 9.65. The van der Waals surface area contributed by atoms with Crippen LogP contribution in [-0.2, 0) is 16.6 Å². The summed E-state index contributed by atoms with van der Waals surface area (Å²) in [6, 6.07) is 3.64. The Morgan fingerprint density at radius 3 is 2.78 bits per heavy atom. The number of aryl methyl sites for hydroxylation is 1. The van der Waals surface area contributed by atoms with Crippen LogP contribution in [0.2, 0.25) is 5.02 Å². The molecule has 2 unspecified atom stereocenters. The van der Waals surface area contributed by atoms with Crippen molar-refractivity contribution in [3.8, 4) is 0 Å². The van der Waals surface area contributed by atoms with Gasteiger partial charge in [0.1, 0.15) is 0 Å². The molecule has 0 aromatic carbocycles. The minimum atomic E-state index is -0.759. The smallest absolute Gasteiger partial charge is 0.244 e. The molecule has 3 aromatic heterocycles. The first kappa shape index (κ1) is 21.8. The molecule has 9 nitrogen and oxygen atoms in total. The zero-order valence-corrected chi connectivity index (χ0v) is 18.6. The lowest BCUT2D eigenvalue weighted by Crippen LogP contribution is -2.37. The van der Waals surface area contributed by atoms with Crippen molar-refractivity contribution in [2.24, 2.45) is 5.73 Å². The minimum absolute atomic E-state index is 0.200. The van der Waals surface area contributed by atoms with Gasteiger partial charge in [0.25, 0.3) is 0 Å². The van der Waals surface area contributed by atoms with Gasteiger partial charge in [-0.3, -0.25) is 19.7 Å². The molecule has 0 aliphatic heterocycles. The standard InChI is InChI=1S/C22H23ClN8O/c1-3-4-20-28-29-30-31(20)17-9-15(21(24)32)10-22(11-17,19-6-5-16(23)12-27-19)14(2)18-13-25-7-8-26-18/h5-9,11-14H,3-4,10H2,1-2H3,(H2,24,32). The molecule has 0 radical (unpaired) electrons. The number of hydrogen-bond acceptors (Lipinski definition) is 7. The summed E-state index contributed by atoms with van der Waals surface area (Å²) in [4.78, 5) is 25.8. The van der Waals surface area contributed by atoms with Crippen LogP contribution < -0.4 is 5.73 Å². The van der Waals surface area contributed by atoms with Crippen molar-refractivity contribution in [2.45, 2.75) is 44.4 Å². The predicted octanol–water partition coefficient (Wildman–Crippen LogP) is 2.86. The Kier molecular flexibility index (Phi) is 6.09. The molecule has 0 saturated carbocycles. The number of aromatic nitrogens is 7. The fourth-order valence-electron chi connectivity index (χ4n) is 4.08. The number of carbonyl (C=O) groups excluding carboxylic acids is 1. The molecule has 2 atom stereocenters. The quantitative estimate of drug-likeness (QED) is 0.586. The van der Waals surface area contributed by atoms with E-state index in [1.54, 1.807) is 41.6 Å². The second-order valence-corrected chi connectivity index (χ2v) is 8.23. The van der Waals surface area contributed by atoms with Crippen molar-refractivity contribution in [1.29, 1.82) is 0 Å². The van der Waals surface area contributed by atoms with Gasteiger partial charge < -0.3 is 5.73 Å². The highest BCUT2D eigenvalue weighted by molar-refractivity contribution is 6.30. The van der Waals surface area contributed by atoms with Crippen LogP contribution in [0.15, 0.2) is 54.6 Å². The van der Waals surface area contributed by atoms with Gasteiger partial charge in [-0.05, 0) is 47.6 Å². The van der Waals surface area contributed by atoms with E-state index < -0.39 is 11.3 Å². The van der Waals surface area contributed by atoms with Crippen molar-refractivity contribution in [3.05, 3.63) is 76.9 Å². The number of primary amides is 1. The first-order chi connectivity index (χ1) is 15.4. The highest BCUT2D eigenvalue weighted by Crippen LogP contribution is 2.47. The zero-order valence-electron chi connectivity index (χ0n) is 17.8. The Bertz CT molecular complexity index is 1170. The van der Waals surface area contributed by atoms with E-state index in [0.717, 1.165) is 17.8 Å². The van der Waals surface area contributed by atoms with Gasteiger partial charge >= 0.3 is 0 Å². The lowest BCUT2D eigenvalue weighted by molar-refractivity contribution is -0.114.